The van der Waals surface area contributed by atoms with Crippen molar-refractivity contribution in [1.82, 2.24) is 0 Å². The van der Waals surface area contributed by atoms with Crippen LogP contribution in [0.15, 0.2) is 12.2 Å². The van der Waals surface area contributed by atoms with E-state index in [1.54, 1.807) is 13.0 Å². The summed E-state index contributed by atoms with van der Waals surface area (Å²) in [5, 5.41) is 8.69. The second-order valence-corrected chi connectivity index (χ2v) is 1.58. The van der Waals surface area contributed by atoms with Crippen LogP contribution in [0.1, 0.15) is 13.8 Å². The van der Waals surface area contributed by atoms with Crippen LogP contribution in [0.3, 0.4) is 0 Å². The standard InChI is InChI=1S/C6H10O2/c1-3-4-6(8)5(2)7/h3-4,6,8H,1-2H3/b4-3+/t6-/m1/s1. The molecule has 0 aromatic heterocycles. The molecule has 0 bridgehead atoms. The predicted octanol–water partition coefficient (Wildman–Crippen LogP) is 0.512. The van der Waals surface area contributed by atoms with Gasteiger partial charge in [0, 0.05) is 0 Å². The van der Waals surface area contributed by atoms with Crippen molar-refractivity contribution in [3.8, 4) is 0 Å². The number of carbonyl (C=O) groups excluding carboxylic acids is 1. The Bertz CT molecular complexity index is 105. The van der Waals surface area contributed by atoms with Gasteiger partial charge in [0.2, 0.25) is 0 Å². The van der Waals surface area contributed by atoms with E-state index in [0.29, 0.717) is 0 Å². The molecule has 2 nitrogen and oxygen atoms in total. The van der Waals surface area contributed by atoms with E-state index in [0.717, 1.165) is 0 Å². The maximum absolute atomic E-state index is 10.2. The van der Waals surface area contributed by atoms with Gasteiger partial charge in [-0.25, -0.2) is 0 Å². The lowest BCUT2D eigenvalue weighted by molar-refractivity contribution is -0.122. The summed E-state index contributed by atoms with van der Waals surface area (Å²) < 4.78 is 0. The summed E-state index contributed by atoms with van der Waals surface area (Å²) >= 11 is 0. The van der Waals surface area contributed by atoms with Crippen molar-refractivity contribution in [2.75, 3.05) is 0 Å². The van der Waals surface area contributed by atoms with Gasteiger partial charge in [-0.3, -0.25) is 4.79 Å². The summed E-state index contributed by atoms with van der Waals surface area (Å²) in [6.07, 6.45) is 2.19. The molecular formula is C6H10O2. The fourth-order valence-corrected chi connectivity index (χ4v) is 0.318. The van der Waals surface area contributed by atoms with Gasteiger partial charge in [0.15, 0.2) is 5.78 Å². The summed E-state index contributed by atoms with van der Waals surface area (Å²) in [7, 11) is 0. The van der Waals surface area contributed by atoms with Crippen LogP contribution in [0.5, 0.6) is 0 Å². The Balaban J connectivity index is 3.64. The largest absolute Gasteiger partial charge is 0.381 e. The number of rotatable bonds is 2. The molecular weight excluding hydrogens is 104 g/mol. The minimum atomic E-state index is -0.903. The first-order chi connectivity index (χ1) is 3.68. The van der Waals surface area contributed by atoms with E-state index in [-0.39, 0.29) is 5.78 Å². The molecule has 0 fully saturated rings. The van der Waals surface area contributed by atoms with Crippen LogP contribution in [0, 0.1) is 0 Å². The van der Waals surface area contributed by atoms with Crippen molar-refractivity contribution in [2.45, 2.75) is 20.0 Å². The molecule has 0 aliphatic heterocycles. The summed E-state index contributed by atoms with van der Waals surface area (Å²) in [6.45, 7) is 3.11. The molecule has 0 spiro atoms. The average molecular weight is 114 g/mol. The lowest BCUT2D eigenvalue weighted by atomic mass is 10.2. The Morgan fingerprint density at radius 1 is 1.75 bits per heavy atom. The molecule has 0 radical (unpaired) electrons. The topological polar surface area (TPSA) is 37.3 Å². The van der Waals surface area contributed by atoms with E-state index < -0.39 is 6.10 Å². The molecule has 1 N–H and O–H groups in total. The second kappa shape index (κ2) is 3.38. The highest BCUT2D eigenvalue weighted by Crippen LogP contribution is 1.85. The zero-order chi connectivity index (χ0) is 6.57. The first-order valence-electron chi connectivity index (χ1n) is 2.50. The smallest absolute Gasteiger partial charge is 0.162 e. The summed E-state index contributed by atoms with van der Waals surface area (Å²) in [5.41, 5.74) is 0. The van der Waals surface area contributed by atoms with Crippen LogP contribution in [0.4, 0.5) is 0 Å². The number of carbonyl (C=O) groups is 1. The first kappa shape index (κ1) is 7.37. The van der Waals surface area contributed by atoms with E-state index in [1.807, 2.05) is 0 Å². The quantitative estimate of drug-likeness (QED) is 0.531. The minimum absolute atomic E-state index is 0.219. The van der Waals surface area contributed by atoms with Gasteiger partial charge in [0.1, 0.15) is 6.10 Å². The molecule has 0 heterocycles. The van der Waals surface area contributed by atoms with Crippen LogP contribution in [0.25, 0.3) is 0 Å². The number of hydrogen-bond donors (Lipinski definition) is 1. The number of allylic oxidation sites excluding steroid dienone is 1. The maximum atomic E-state index is 10.2. The van der Waals surface area contributed by atoms with Crippen molar-refractivity contribution in [3.05, 3.63) is 12.2 Å². The Labute approximate surface area is 48.8 Å². The Hall–Kier alpha value is -0.630. The lowest BCUT2D eigenvalue weighted by Gasteiger charge is -1.94. The number of aliphatic hydroxyl groups excluding tert-OH is 1. The minimum Gasteiger partial charge on any atom is -0.381 e. The normalized spacial score (nSPS) is 14.4. The molecule has 0 saturated carbocycles. The molecule has 0 aromatic carbocycles. The molecule has 0 rings (SSSR count). The van der Waals surface area contributed by atoms with Gasteiger partial charge >= 0.3 is 0 Å². The van der Waals surface area contributed by atoms with Gasteiger partial charge in [-0.15, -0.1) is 0 Å². The van der Waals surface area contributed by atoms with Crippen molar-refractivity contribution in [2.24, 2.45) is 0 Å². The molecule has 0 unspecified atom stereocenters. The third-order valence-corrected chi connectivity index (χ3v) is 0.791. The maximum Gasteiger partial charge on any atom is 0.162 e. The first-order valence-corrected chi connectivity index (χ1v) is 2.50. The molecule has 0 aliphatic rings. The molecule has 2 heteroatoms. The average Bonchev–Trinajstić information content (AvgIpc) is 1.67. The van der Waals surface area contributed by atoms with Gasteiger partial charge in [-0.05, 0) is 13.8 Å². The number of aliphatic hydroxyl groups is 1. The molecule has 1 atom stereocenters. The fraction of sp³-hybridized carbons (Fsp3) is 0.500. The van der Waals surface area contributed by atoms with Crippen LogP contribution >= 0.6 is 0 Å². The van der Waals surface area contributed by atoms with Gasteiger partial charge in [-0.2, -0.15) is 0 Å². The predicted molar refractivity (Wildman–Crippen MR) is 31.5 cm³/mol. The highest BCUT2D eigenvalue weighted by Gasteiger charge is 2.01. The van der Waals surface area contributed by atoms with E-state index in [1.165, 1.54) is 13.0 Å². The Morgan fingerprint density at radius 3 is 2.38 bits per heavy atom. The van der Waals surface area contributed by atoms with Crippen molar-refractivity contribution in [1.29, 1.82) is 0 Å². The zero-order valence-electron chi connectivity index (χ0n) is 5.09. The van der Waals surface area contributed by atoms with E-state index in [9.17, 15) is 4.79 Å². The van der Waals surface area contributed by atoms with Gasteiger partial charge in [0.25, 0.3) is 0 Å². The van der Waals surface area contributed by atoms with Crippen LogP contribution in [-0.2, 0) is 4.79 Å². The van der Waals surface area contributed by atoms with Crippen LogP contribution < -0.4 is 0 Å². The number of ketones is 1. The summed E-state index contributed by atoms with van der Waals surface area (Å²) in [6, 6.07) is 0. The zero-order valence-corrected chi connectivity index (χ0v) is 5.09. The van der Waals surface area contributed by atoms with Gasteiger partial charge < -0.3 is 5.11 Å². The lowest BCUT2D eigenvalue weighted by Crippen LogP contribution is -2.12. The van der Waals surface area contributed by atoms with E-state index >= 15 is 0 Å². The Kier molecular flexibility index (Phi) is 3.12. The molecule has 0 aliphatic carbocycles. The summed E-state index contributed by atoms with van der Waals surface area (Å²) in [5.74, 6) is -0.219. The number of hydrogen-bond acceptors (Lipinski definition) is 2. The van der Waals surface area contributed by atoms with Crippen molar-refractivity contribution in [3.63, 3.8) is 0 Å². The molecule has 0 aromatic rings. The fourth-order valence-electron chi connectivity index (χ4n) is 0.318. The molecule has 46 valence electrons. The number of Topliss-reactive ketones (excluding diaryl/α,β-unsaturated/α-hetero) is 1. The van der Waals surface area contributed by atoms with Crippen LogP contribution in [0.2, 0.25) is 0 Å². The van der Waals surface area contributed by atoms with Crippen molar-refractivity contribution >= 4 is 5.78 Å². The third-order valence-electron chi connectivity index (χ3n) is 0.791. The highest BCUT2D eigenvalue weighted by molar-refractivity contribution is 5.81. The van der Waals surface area contributed by atoms with Crippen LogP contribution in [-0.4, -0.2) is 17.0 Å². The van der Waals surface area contributed by atoms with Crippen molar-refractivity contribution < 1.29 is 9.90 Å². The van der Waals surface area contributed by atoms with E-state index in [4.69, 9.17) is 5.11 Å². The van der Waals surface area contributed by atoms with E-state index in [2.05, 4.69) is 0 Å². The third kappa shape index (κ3) is 2.53. The Morgan fingerprint density at radius 2 is 2.25 bits per heavy atom. The second-order valence-electron chi connectivity index (χ2n) is 1.58. The highest BCUT2D eigenvalue weighted by atomic mass is 16.3. The van der Waals surface area contributed by atoms with Gasteiger partial charge in [-0.1, -0.05) is 12.2 Å². The van der Waals surface area contributed by atoms with Gasteiger partial charge in [0.05, 0.1) is 0 Å². The molecule has 0 amide bonds. The summed E-state index contributed by atoms with van der Waals surface area (Å²) in [4.78, 5) is 10.2. The molecule has 0 saturated heterocycles. The monoisotopic (exact) mass is 114 g/mol. The molecule has 8 heavy (non-hydrogen) atoms. The SMILES string of the molecule is C/C=C/[C@@H](O)C(C)=O.